The zero-order valence-electron chi connectivity index (χ0n) is 14.4. The third kappa shape index (κ3) is 4.38. The minimum Gasteiger partial charge on any atom is -0.484 e. The second kappa shape index (κ2) is 7.99. The van der Waals surface area contributed by atoms with Crippen LogP contribution in [0.25, 0.3) is 0 Å². The largest absolute Gasteiger partial charge is 0.484 e. The van der Waals surface area contributed by atoms with Crippen LogP contribution in [0, 0.1) is 11.7 Å². The van der Waals surface area contributed by atoms with E-state index in [0.717, 1.165) is 0 Å². The molecule has 2 amide bonds. The molecule has 1 aliphatic rings. The number of ether oxygens (including phenoxy) is 1. The second-order valence-electron chi connectivity index (χ2n) is 6.08. The predicted molar refractivity (Wildman–Crippen MR) is 89.9 cm³/mol. The normalized spacial score (nSPS) is 16.8. The van der Waals surface area contributed by atoms with Gasteiger partial charge in [-0.1, -0.05) is 0 Å². The molecule has 1 aromatic carbocycles. The number of aromatic nitrogens is 1. The number of nitrogens with zero attached hydrogens (tertiary/aromatic N) is 2. The van der Waals surface area contributed by atoms with E-state index in [1.807, 2.05) is 6.92 Å². The summed E-state index contributed by atoms with van der Waals surface area (Å²) in [5.74, 6) is 0.241. The molecule has 0 saturated carbocycles. The van der Waals surface area contributed by atoms with Crippen LogP contribution in [0.2, 0.25) is 0 Å². The highest BCUT2D eigenvalue weighted by Crippen LogP contribution is 2.17. The Kier molecular flexibility index (Phi) is 5.50. The van der Waals surface area contributed by atoms with Crippen molar-refractivity contribution in [1.29, 1.82) is 0 Å². The van der Waals surface area contributed by atoms with Crippen molar-refractivity contribution in [3.63, 3.8) is 0 Å². The van der Waals surface area contributed by atoms with E-state index in [0.29, 0.717) is 31.8 Å². The highest BCUT2D eigenvalue weighted by Gasteiger charge is 2.28. The fourth-order valence-electron chi connectivity index (χ4n) is 2.78. The number of hydrogen-bond donors (Lipinski definition) is 1. The van der Waals surface area contributed by atoms with Gasteiger partial charge >= 0.3 is 0 Å². The van der Waals surface area contributed by atoms with Gasteiger partial charge in [-0.15, -0.1) is 0 Å². The fourth-order valence-corrected chi connectivity index (χ4v) is 2.78. The SMILES string of the molecule is CCN1C[C@@H](CNC(=O)c2coc(COc3ccc(F)cc3)n2)CC1=O. The van der Waals surface area contributed by atoms with E-state index >= 15 is 0 Å². The molecule has 1 aliphatic heterocycles. The van der Waals surface area contributed by atoms with Crippen LogP contribution in [0.3, 0.4) is 0 Å². The maximum absolute atomic E-state index is 12.8. The van der Waals surface area contributed by atoms with Gasteiger partial charge in [0.25, 0.3) is 5.91 Å². The maximum atomic E-state index is 12.8. The highest BCUT2D eigenvalue weighted by molar-refractivity contribution is 5.92. The molecule has 0 unspecified atom stereocenters. The van der Waals surface area contributed by atoms with Crippen LogP contribution in [0.5, 0.6) is 5.75 Å². The van der Waals surface area contributed by atoms with Crippen LogP contribution in [0.1, 0.15) is 29.7 Å². The van der Waals surface area contributed by atoms with Gasteiger partial charge in [-0.05, 0) is 31.2 Å². The molecule has 1 fully saturated rings. The Hall–Kier alpha value is -2.90. The molecule has 7 nitrogen and oxygen atoms in total. The average molecular weight is 361 g/mol. The number of amides is 2. The monoisotopic (exact) mass is 361 g/mol. The van der Waals surface area contributed by atoms with Crippen LogP contribution in [-0.2, 0) is 11.4 Å². The van der Waals surface area contributed by atoms with Crippen molar-refractivity contribution in [2.45, 2.75) is 20.0 Å². The lowest BCUT2D eigenvalue weighted by Gasteiger charge is -2.13. The summed E-state index contributed by atoms with van der Waals surface area (Å²) < 4.78 is 23.5. The van der Waals surface area contributed by atoms with Crippen molar-refractivity contribution in [1.82, 2.24) is 15.2 Å². The topological polar surface area (TPSA) is 84.7 Å². The van der Waals surface area contributed by atoms with Crippen molar-refractivity contribution in [3.8, 4) is 5.75 Å². The molecule has 0 bridgehead atoms. The van der Waals surface area contributed by atoms with Gasteiger partial charge in [0.2, 0.25) is 11.8 Å². The van der Waals surface area contributed by atoms with Crippen molar-refractivity contribution in [2.75, 3.05) is 19.6 Å². The third-order valence-electron chi connectivity index (χ3n) is 4.19. The van der Waals surface area contributed by atoms with Crippen molar-refractivity contribution < 1.29 is 23.1 Å². The molecule has 3 rings (SSSR count). The number of carbonyl (C=O) groups excluding carboxylic acids is 2. The van der Waals surface area contributed by atoms with E-state index in [9.17, 15) is 14.0 Å². The molecule has 2 heterocycles. The summed E-state index contributed by atoms with van der Waals surface area (Å²) in [7, 11) is 0. The van der Waals surface area contributed by atoms with Gasteiger partial charge in [0, 0.05) is 32.0 Å². The van der Waals surface area contributed by atoms with Crippen molar-refractivity contribution in [2.24, 2.45) is 5.92 Å². The van der Waals surface area contributed by atoms with E-state index in [4.69, 9.17) is 9.15 Å². The van der Waals surface area contributed by atoms with Gasteiger partial charge in [0.15, 0.2) is 12.3 Å². The lowest BCUT2D eigenvalue weighted by molar-refractivity contribution is -0.127. The molecule has 1 aromatic heterocycles. The summed E-state index contributed by atoms with van der Waals surface area (Å²) in [6.45, 7) is 3.72. The van der Waals surface area contributed by atoms with Gasteiger partial charge in [-0.2, -0.15) is 0 Å². The number of halogens is 1. The molecule has 1 atom stereocenters. The Morgan fingerprint density at radius 3 is 2.88 bits per heavy atom. The molecule has 2 aromatic rings. The molecule has 8 heteroatoms. The number of benzene rings is 1. The number of hydrogen-bond acceptors (Lipinski definition) is 5. The Morgan fingerprint density at radius 1 is 1.42 bits per heavy atom. The molecule has 26 heavy (non-hydrogen) atoms. The van der Waals surface area contributed by atoms with Crippen LogP contribution in [0.4, 0.5) is 4.39 Å². The van der Waals surface area contributed by atoms with Gasteiger partial charge in [0.1, 0.15) is 17.8 Å². The first-order chi connectivity index (χ1) is 12.5. The summed E-state index contributed by atoms with van der Waals surface area (Å²) in [6.07, 6.45) is 1.71. The number of carbonyl (C=O) groups is 2. The zero-order valence-corrected chi connectivity index (χ0v) is 14.4. The maximum Gasteiger partial charge on any atom is 0.273 e. The first kappa shape index (κ1) is 17.9. The molecule has 138 valence electrons. The van der Waals surface area contributed by atoms with E-state index in [1.54, 1.807) is 4.90 Å². The van der Waals surface area contributed by atoms with Crippen molar-refractivity contribution >= 4 is 11.8 Å². The predicted octanol–water partition coefficient (Wildman–Crippen LogP) is 1.99. The van der Waals surface area contributed by atoms with E-state index in [-0.39, 0.29) is 41.7 Å². The van der Waals surface area contributed by atoms with Gasteiger partial charge < -0.3 is 19.4 Å². The highest BCUT2D eigenvalue weighted by atomic mass is 19.1. The first-order valence-corrected chi connectivity index (χ1v) is 8.44. The van der Waals surface area contributed by atoms with E-state index in [1.165, 1.54) is 30.5 Å². The second-order valence-corrected chi connectivity index (χ2v) is 6.08. The Balaban J connectivity index is 1.47. The molecule has 1 saturated heterocycles. The molecule has 1 N–H and O–H groups in total. The summed E-state index contributed by atoms with van der Waals surface area (Å²) in [5, 5.41) is 2.78. The Morgan fingerprint density at radius 2 is 2.19 bits per heavy atom. The number of rotatable bonds is 7. The molecule has 0 radical (unpaired) electrons. The van der Waals surface area contributed by atoms with E-state index < -0.39 is 0 Å². The lowest BCUT2D eigenvalue weighted by Crippen LogP contribution is -2.31. The number of nitrogens with one attached hydrogen (secondary N) is 1. The summed E-state index contributed by atoms with van der Waals surface area (Å²) in [4.78, 5) is 29.7. The minimum absolute atomic E-state index is 0.0293. The van der Waals surface area contributed by atoms with Crippen LogP contribution < -0.4 is 10.1 Å². The van der Waals surface area contributed by atoms with Crippen LogP contribution >= 0.6 is 0 Å². The van der Waals surface area contributed by atoms with Crippen LogP contribution in [0.15, 0.2) is 34.9 Å². The Labute approximate surface area is 150 Å². The quantitative estimate of drug-likeness (QED) is 0.815. The van der Waals surface area contributed by atoms with Gasteiger partial charge in [-0.25, -0.2) is 9.37 Å². The summed E-state index contributed by atoms with van der Waals surface area (Å²) in [6, 6.07) is 5.57. The average Bonchev–Trinajstić information content (AvgIpc) is 3.25. The number of oxazole rings is 1. The smallest absolute Gasteiger partial charge is 0.273 e. The molecular weight excluding hydrogens is 341 g/mol. The Bertz CT molecular complexity index is 775. The van der Waals surface area contributed by atoms with Crippen LogP contribution in [-0.4, -0.2) is 41.3 Å². The van der Waals surface area contributed by atoms with Crippen molar-refractivity contribution in [3.05, 3.63) is 47.9 Å². The minimum atomic E-state index is -0.357. The summed E-state index contributed by atoms with van der Waals surface area (Å²) >= 11 is 0. The zero-order chi connectivity index (χ0) is 18.5. The van der Waals surface area contributed by atoms with Gasteiger partial charge in [0.05, 0.1) is 0 Å². The lowest BCUT2D eigenvalue weighted by atomic mass is 10.1. The van der Waals surface area contributed by atoms with Gasteiger partial charge in [-0.3, -0.25) is 9.59 Å². The third-order valence-corrected chi connectivity index (χ3v) is 4.19. The standard InChI is InChI=1S/C18H20FN3O4/c1-2-22-9-12(7-17(22)23)8-20-18(24)15-10-26-16(21-15)11-25-14-5-3-13(19)4-6-14/h3-6,10,12H,2,7-9,11H2,1H3,(H,20,24)/t12-/m1/s1. The summed E-state index contributed by atoms with van der Waals surface area (Å²) in [5.41, 5.74) is 0.152. The first-order valence-electron chi connectivity index (χ1n) is 8.44. The molecular formula is C18H20FN3O4. The number of likely N-dealkylation sites (tertiary alicyclic amines) is 1. The molecule has 0 aliphatic carbocycles. The van der Waals surface area contributed by atoms with E-state index in [2.05, 4.69) is 10.3 Å². The fraction of sp³-hybridized carbons (Fsp3) is 0.389. The molecule has 0 spiro atoms.